The number of para-hydroxylation sites is 1. The molecule has 4 nitrogen and oxygen atoms in total. The molecule has 0 bridgehead atoms. The minimum Gasteiger partial charge on any atom is -0.496 e. The fourth-order valence-corrected chi connectivity index (χ4v) is 2.44. The lowest BCUT2D eigenvalue weighted by atomic mass is 10.1. The Bertz CT molecular complexity index is 658. The van der Waals surface area contributed by atoms with Crippen LogP contribution in [0.1, 0.15) is 18.9 Å². The van der Waals surface area contributed by atoms with Crippen LogP contribution < -0.4 is 14.8 Å². The highest BCUT2D eigenvalue weighted by molar-refractivity contribution is 6.30. The summed E-state index contributed by atoms with van der Waals surface area (Å²) in [4.78, 5) is 12.1. The van der Waals surface area contributed by atoms with Crippen molar-refractivity contribution in [1.29, 1.82) is 0 Å². The van der Waals surface area contributed by atoms with Crippen molar-refractivity contribution >= 4 is 17.5 Å². The predicted molar refractivity (Wildman–Crippen MR) is 95.9 cm³/mol. The number of methoxy groups -OCH3 is 1. The number of hydrogen-bond acceptors (Lipinski definition) is 3. The topological polar surface area (TPSA) is 47.6 Å². The summed E-state index contributed by atoms with van der Waals surface area (Å²) in [6.07, 6.45) is 1.12. The Labute approximate surface area is 147 Å². The van der Waals surface area contributed by atoms with E-state index in [9.17, 15) is 4.79 Å². The summed E-state index contributed by atoms with van der Waals surface area (Å²) in [5.74, 6) is 1.37. The van der Waals surface area contributed by atoms with Crippen molar-refractivity contribution in [3.8, 4) is 11.5 Å². The molecule has 0 saturated heterocycles. The zero-order chi connectivity index (χ0) is 17.4. The Kier molecular flexibility index (Phi) is 6.94. The molecule has 1 atom stereocenters. The minimum atomic E-state index is -0.558. The number of benzene rings is 2. The molecule has 0 unspecified atom stereocenters. The van der Waals surface area contributed by atoms with Crippen LogP contribution in [-0.4, -0.2) is 25.7 Å². The van der Waals surface area contributed by atoms with E-state index in [1.54, 1.807) is 38.3 Å². The number of nitrogens with one attached hydrogen (secondary N) is 1. The quantitative estimate of drug-likeness (QED) is 0.737. The molecule has 24 heavy (non-hydrogen) atoms. The monoisotopic (exact) mass is 347 g/mol. The van der Waals surface area contributed by atoms with Gasteiger partial charge < -0.3 is 14.8 Å². The van der Waals surface area contributed by atoms with Crippen LogP contribution >= 0.6 is 11.6 Å². The van der Waals surface area contributed by atoms with E-state index in [0.29, 0.717) is 17.3 Å². The van der Waals surface area contributed by atoms with Gasteiger partial charge in [-0.05, 0) is 55.7 Å². The van der Waals surface area contributed by atoms with Gasteiger partial charge in [-0.25, -0.2) is 0 Å². The molecular weight excluding hydrogens is 326 g/mol. The highest BCUT2D eigenvalue weighted by Gasteiger charge is 2.14. The molecule has 128 valence electrons. The van der Waals surface area contributed by atoms with Crippen LogP contribution in [0.3, 0.4) is 0 Å². The van der Waals surface area contributed by atoms with E-state index in [1.165, 1.54) is 0 Å². The molecule has 0 aliphatic carbocycles. The van der Waals surface area contributed by atoms with Crippen LogP contribution in [0.15, 0.2) is 48.5 Å². The first-order chi connectivity index (χ1) is 11.6. The van der Waals surface area contributed by atoms with E-state index in [-0.39, 0.29) is 5.91 Å². The smallest absolute Gasteiger partial charge is 0.260 e. The number of aryl methyl sites for hydroxylation is 1. The van der Waals surface area contributed by atoms with E-state index in [1.807, 2.05) is 24.3 Å². The molecule has 0 radical (unpaired) electrons. The molecular formula is C19H22ClNO3. The van der Waals surface area contributed by atoms with Crippen LogP contribution in [0.25, 0.3) is 0 Å². The van der Waals surface area contributed by atoms with Gasteiger partial charge in [0.1, 0.15) is 11.5 Å². The van der Waals surface area contributed by atoms with Crippen LogP contribution in [0, 0.1) is 0 Å². The van der Waals surface area contributed by atoms with Crippen molar-refractivity contribution in [2.75, 3.05) is 13.7 Å². The minimum absolute atomic E-state index is 0.134. The molecule has 2 aromatic rings. The molecule has 0 fully saturated rings. The zero-order valence-electron chi connectivity index (χ0n) is 13.9. The molecule has 0 heterocycles. The molecule has 0 saturated carbocycles. The number of carbonyl (C=O) groups is 1. The predicted octanol–water partition coefficient (Wildman–Crippen LogP) is 3.86. The summed E-state index contributed by atoms with van der Waals surface area (Å²) in [5, 5.41) is 3.53. The van der Waals surface area contributed by atoms with E-state index in [2.05, 4.69) is 5.32 Å². The Balaban J connectivity index is 1.73. The van der Waals surface area contributed by atoms with Gasteiger partial charge in [0.2, 0.25) is 0 Å². The number of hydrogen-bond donors (Lipinski definition) is 1. The fraction of sp³-hybridized carbons (Fsp3) is 0.316. The van der Waals surface area contributed by atoms with Gasteiger partial charge in [0.05, 0.1) is 7.11 Å². The van der Waals surface area contributed by atoms with Gasteiger partial charge in [0.15, 0.2) is 6.10 Å². The lowest BCUT2D eigenvalue weighted by Gasteiger charge is -2.15. The van der Waals surface area contributed by atoms with Gasteiger partial charge in [-0.1, -0.05) is 29.8 Å². The van der Waals surface area contributed by atoms with Crippen LogP contribution in [0.2, 0.25) is 5.02 Å². The van der Waals surface area contributed by atoms with E-state index in [4.69, 9.17) is 21.1 Å². The first kappa shape index (κ1) is 18.1. The van der Waals surface area contributed by atoms with Gasteiger partial charge in [-0.3, -0.25) is 4.79 Å². The second-order valence-electron chi connectivity index (χ2n) is 5.42. The Morgan fingerprint density at radius 2 is 1.88 bits per heavy atom. The first-order valence-electron chi connectivity index (χ1n) is 7.92. The van der Waals surface area contributed by atoms with E-state index < -0.39 is 6.10 Å². The van der Waals surface area contributed by atoms with Gasteiger partial charge in [-0.2, -0.15) is 0 Å². The van der Waals surface area contributed by atoms with Crippen LogP contribution in [0.5, 0.6) is 11.5 Å². The van der Waals surface area contributed by atoms with Crippen molar-refractivity contribution in [2.45, 2.75) is 25.9 Å². The number of halogens is 1. The summed E-state index contributed by atoms with van der Waals surface area (Å²) >= 11 is 5.82. The molecule has 0 spiro atoms. The van der Waals surface area contributed by atoms with Crippen molar-refractivity contribution < 1.29 is 14.3 Å². The average Bonchev–Trinajstić information content (AvgIpc) is 2.60. The molecule has 2 rings (SSSR count). The van der Waals surface area contributed by atoms with Gasteiger partial charge in [0, 0.05) is 11.6 Å². The zero-order valence-corrected chi connectivity index (χ0v) is 14.7. The van der Waals surface area contributed by atoms with Crippen molar-refractivity contribution in [3.05, 3.63) is 59.1 Å². The maximum atomic E-state index is 12.1. The van der Waals surface area contributed by atoms with Crippen molar-refractivity contribution in [2.24, 2.45) is 0 Å². The molecule has 0 aliphatic heterocycles. The SMILES string of the molecule is COc1ccccc1CCCNC(=O)[C@@H](C)Oc1ccc(Cl)cc1. The molecule has 2 aromatic carbocycles. The lowest BCUT2D eigenvalue weighted by molar-refractivity contribution is -0.127. The second kappa shape index (κ2) is 9.18. The third-order valence-corrected chi connectivity index (χ3v) is 3.86. The fourth-order valence-electron chi connectivity index (χ4n) is 2.31. The third-order valence-electron chi connectivity index (χ3n) is 3.61. The normalized spacial score (nSPS) is 11.6. The average molecular weight is 348 g/mol. The van der Waals surface area contributed by atoms with Crippen LogP contribution in [0.4, 0.5) is 0 Å². The summed E-state index contributed by atoms with van der Waals surface area (Å²) in [5.41, 5.74) is 1.14. The molecule has 0 aliphatic rings. The van der Waals surface area contributed by atoms with Crippen LogP contribution in [-0.2, 0) is 11.2 Å². The summed E-state index contributed by atoms with van der Waals surface area (Å²) < 4.78 is 10.9. The van der Waals surface area contributed by atoms with Gasteiger partial charge in [0.25, 0.3) is 5.91 Å². The third kappa shape index (κ3) is 5.46. The summed E-state index contributed by atoms with van der Waals surface area (Å²) in [7, 11) is 1.66. The summed E-state index contributed by atoms with van der Waals surface area (Å²) in [6, 6.07) is 14.9. The first-order valence-corrected chi connectivity index (χ1v) is 8.30. The maximum Gasteiger partial charge on any atom is 0.260 e. The van der Waals surface area contributed by atoms with Crippen molar-refractivity contribution in [1.82, 2.24) is 5.32 Å². The number of rotatable bonds is 8. The summed E-state index contributed by atoms with van der Waals surface area (Å²) in [6.45, 7) is 2.31. The Morgan fingerprint density at radius 1 is 1.17 bits per heavy atom. The maximum absolute atomic E-state index is 12.1. The standard InChI is InChI=1S/C19H22ClNO3/c1-14(24-17-11-9-16(20)10-12-17)19(22)21-13-5-7-15-6-3-4-8-18(15)23-2/h3-4,6,8-12,14H,5,7,13H2,1-2H3,(H,21,22)/t14-/m1/s1. The number of amides is 1. The van der Waals surface area contributed by atoms with Crippen molar-refractivity contribution in [3.63, 3.8) is 0 Å². The van der Waals surface area contributed by atoms with E-state index in [0.717, 1.165) is 24.2 Å². The highest BCUT2D eigenvalue weighted by Crippen LogP contribution is 2.19. The molecule has 1 amide bonds. The Hall–Kier alpha value is -2.20. The number of ether oxygens (including phenoxy) is 2. The number of carbonyl (C=O) groups excluding carboxylic acids is 1. The highest BCUT2D eigenvalue weighted by atomic mass is 35.5. The molecule has 1 N–H and O–H groups in total. The van der Waals surface area contributed by atoms with E-state index >= 15 is 0 Å². The molecule has 5 heteroatoms. The second-order valence-corrected chi connectivity index (χ2v) is 5.86. The Morgan fingerprint density at radius 3 is 2.58 bits per heavy atom. The molecule has 0 aromatic heterocycles. The lowest BCUT2D eigenvalue weighted by Crippen LogP contribution is -2.36. The largest absolute Gasteiger partial charge is 0.496 e. The van der Waals surface area contributed by atoms with Gasteiger partial charge >= 0.3 is 0 Å². The van der Waals surface area contributed by atoms with Gasteiger partial charge in [-0.15, -0.1) is 0 Å².